The van der Waals surface area contributed by atoms with Crippen LogP contribution in [0.4, 0.5) is 4.39 Å². The van der Waals surface area contributed by atoms with E-state index in [1.54, 1.807) is 27.7 Å². The predicted molar refractivity (Wildman–Crippen MR) is 167 cm³/mol. The number of rotatable bonds is 4. The number of benzene rings is 1. The van der Waals surface area contributed by atoms with Crippen LogP contribution in [0.3, 0.4) is 0 Å². The lowest BCUT2D eigenvalue weighted by molar-refractivity contribution is -0.198. The molecule has 9 atom stereocenters. The molecule has 2 saturated heterocycles. The Morgan fingerprint density at radius 1 is 1.07 bits per heavy atom. The third kappa shape index (κ3) is 8.23. The number of carbonyl (C=O) groups is 3. The number of amides is 1. The van der Waals surface area contributed by atoms with E-state index in [0.29, 0.717) is 11.4 Å². The lowest BCUT2D eigenvalue weighted by Crippen LogP contribution is -2.59. The van der Waals surface area contributed by atoms with Crippen LogP contribution in [-0.2, 0) is 40.0 Å². The summed E-state index contributed by atoms with van der Waals surface area (Å²) in [5.74, 6) is -5.43. The number of nitrogens with zero attached hydrogens (tertiary/aromatic N) is 2. The lowest BCUT2D eigenvalue weighted by Gasteiger charge is -2.44. The summed E-state index contributed by atoms with van der Waals surface area (Å²) in [6.07, 6.45) is -2.02. The number of ketones is 1. The maximum absolute atomic E-state index is 16.1. The fraction of sp³-hybridized carbons (Fsp3) is 0.676. The molecule has 250 valence electrons. The largest absolute Gasteiger partial charge is 0.457 e. The third-order valence-electron chi connectivity index (χ3n) is 9.51. The van der Waals surface area contributed by atoms with E-state index in [1.165, 1.54) is 13.8 Å². The van der Waals surface area contributed by atoms with Gasteiger partial charge < -0.3 is 24.2 Å². The molecule has 3 rings (SSSR count). The SMILES string of the molecule is CC[C@H]1OC(=O)[C@@](C)(F)C(=O)[C@H](C)[C@@H](C)[C@@]2(C)C[C@@H](C)/C(=N\C(C)=O)[C@H](C)[C@@H](OC/C(=N\OCc3ccccc3)CO2)[C@]1(C)O. The molecule has 2 bridgehead atoms. The fourth-order valence-electron chi connectivity index (χ4n) is 6.53. The number of cyclic esters (lactones) is 1. The number of aliphatic hydroxyl groups is 1. The molecule has 2 fully saturated rings. The molecule has 2 aliphatic heterocycles. The van der Waals surface area contributed by atoms with Crippen molar-refractivity contribution >= 4 is 29.1 Å². The summed E-state index contributed by atoms with van der Waals surface area (Å²) < 4.78 is 34.6. The molecule has 11 heteroatoms. The average molecular weight is 633 g/mol. The fourth-order valence-corrected chi connectivity index (χ4v) is 6.53. The molecular weight excluding hydrogens is 583 g/mol. The van der Waals surface area contributed by atoms with E-state index in [1.807, 2.05) is 44.2 Å². The van der Waals surface area contributed by atoms with Crippen molar-refractivity contribution in [2.45, 2.75) is 111 Å². The summed E-state index contributed by atoms with van der Waals surface area (Å²) in [6.45, 7) is 14.2. The minimum Gasteiger partial charge on any atom is -0.457 e. The Hall–Kier alpha value is -3.02. The van der Waals surface area contributed by atoms with Gasteiger partial charge >= 0.3 is 5.97 Å². The maximum Gasteiger partial charge on any atom is 0.351 e. The van der Waals surface area contributed by atoms with Crippen LogP contribution in [0.2, 0.25) is 0 Å². The van der Waals surface area contributed by atoms with E-state index < -0.39 is 70.4 Å². The van der Waals surface area contributed by atoms with Gasteiger partial charge in [-0.2, -0.15) is 0 Å². The molecule has 2 aliphatic rings. The summed E-state index contributed by atoms with van der Waals surface area (Å²) in [5, 5.41) is 16.4. The topological polar surface area (TPSA) is 133 Å². The molecule has 0 spiro atoms. The van der Waals surface area contributed by atoms with E-state index in [0.717, 1.165) is 12.5 Å². The molecule has 0 aliphatic carbocycles. The monoisotopic (exact) mass is 632 g/mol. The number of alkyl halides is 1. The highest BCUT2D eigenvalue weighted by Gasteiger charge is 2.54. The van der Waals surface area contributed by atoms with Gasteiger partial charge in [-0.25, -0.2) is 14.2 Å². The molecule has 0 radical (unpaired) electrons. The van der Waals surface area contributed by atoms with Crippen molar-refractivity contribution in [3.05, 3.63) is 35.9 Å². The number of esters is 1. The zero-order valence-electron chi connectivity index (χ0n) is 28.0. The Kier molecular flexibility index (Phi) is 11.8. The first kappa shape index (κ1) is 36.4. The standard InChI is InChI=1S/C34H49FN2O8/c1-10-27-34(9,41)30-22(4)28(36-24(6)38)20(2)16-32(7,23(5)21(3)29(39)33(8,35)31(40)45-27)43-19-26(18-42-30)37-44-17-25-14-12-11-13-15-25/h11-15,20-23,27,30,41H,10,16-19H2,1-9H3/b36-28+,37-26+/t20-,21-,22+,23-,27-,30-,32-,33+,34-/m1/s1. The molecule has 2 heterocycles. The minimum absolute atomic E-state index is 0.0643. The van der Waals surface area contributed by atoms with Gasteiger partial charge in [0.1, 0.15) is 24.0 Å². The Labute approximate surface area is 265 Å². The van der Waals surface area contributed by atoms with Crippen LogP contribution < -0.4 is 0 Å². The van der Waals surface area contributed by atoms with Crippen molar-refractivity contribution < 1.29 is 42.9 Å². The number of hydrogen-bond acceptors (Lipinski definition) is 9. The number of aliphatic imine (C=N–C) groups is 1. The quantitative estimate of drug-likeness (QED) is 0.277. The second-order valence-corrected chi connectivity index (χ2v) is 13.2. The lowest BCUT2D eigenvalue weighted by atomic mass is 9.70. The third-order valence-corrected chi connectivity index (χ3v) is 9.51. The first-order chi connectivity index (χ1) is 21.0. The maximum atomic E-state index is 16.1. The highest BCUT2D eigenvalue weighted by molar-refractivity contribution is 6.07. The predicted octanol–water partition coefficient (Wildman–Crippen LogP) is 5.04. The smallest absolute Gasteiger partial charge is 0.351 e. The number of fused-ring (bicyclic) bond motifs is 5. The molecule has 1 aromatic carbocycles. The van der Waals surface area contributed by atoms with Gasteiger partial charge in [-0.1, -0.05) is 70.1 Å². The van der Waals surface area contributed by atoms with Crippen LogP contribution in [0.15, 0.2) is 40.5 Å². The number of carbonyl (C=O) groups excluding carboxylic acids is 3. The van der Waals surface area contributed by atoms with E-state index in [9.17, 15) is 19.5 Å². The van der Waals surface area contributed by atoms with Crippen LogP contribution in [-0.4, -0.2) is 76.5 Å². The zero-order chi connectivity index (χ0) is 33.7. The van der Waals surface area contributed by atoms with E-state index in [4.69, 9.17) is 19.0 Å². The molecule has 10 nitrogen and oxygen atoms in total. The number of halogens is 1. The summed E-state index contributed by atoms with van der Waals surface area (Å²) >= 11 is 0. The van der Waals surface area contributed by atoms with Crippen LogP contribution in [0, 0.1) is 23.7 Å². The number of ether oxygens (including phenoxy) is 3. The number of oxime groups is 1. The minimum atomic E-state index is -2.98. The highest BCUT2D eigenvalue weighted by atomic mass is 19.1. The van der Waals surface area contributed by atoms with Crippen molar-refractivity contribution in [3.63, 3.8) is 0 Å². The Bertz CT molecular complexity index is 1280. The average Bonchev–Trinajstić information content (AvgIpc) is 3.00. The summed E-state index contributed by atoms with van der Waals surface area (Å²) in [5.41, 5.74) is -4.26. The summed E-state index contributed by atoms with van der Waals surface area (Å²) in [6, 6.07) is 9.49. The molecule has 0 saturated carbocycles. The second-order valence-electron chi connectivity index (χ2n) is 13.2. The molecule has 1 aromatic rings. The first-order valence-corrected chi connectivity index (χ1v) is 15.7. The van der Waals surface area contributed by atoms with Crippen molar-refractivity contribution in [1.82, 2.24) is 0 Å². The molecule has 0 unspecified atom stereocenters. The van der Waals surface area contributed by atoms with Crippen molar-refractivity contribution in [2.75, 3.05) is 13.2 Å². The van der Waals surface area contributed by atoms with Gasteiger partial charge in [0.25, 0.3) is 5.67 Å². The Balaban J connectivity index is 2.24. The Morgan fingerprint density at radius 2 is 1.71 bits per heavy atom. The van der Waals surface area contributed by atoms with Gasteiger partial charge in [-0.15, -0.1) is 0 Å². The van der Waals surface area contributed by atoms with Gasteiger partial charge in [-0.3, -0.25) is 9.59 Å². The van der Waals surface area contributed by atoms with Gasteiger partial charge in [0, 0.05) is 24.5 Å². The van der Waals surface area contributed by atoms with E-state index >= 15 is 4.39 Å². The summed E-state index contributed by atoms with van der Waals surface area (Å²) in [7, 11) is 0. The van der Waals surface area contributed by atoms with Gasteiger partial charge in [-0.05, 0) is 51.0 Å². The van der Waals surface area contributed by atoms with Crippen LogP contribution >= 0.6 is 0 Å². The molecule has 0 aromatic heterocycles. The molecule has 1 amide bonds. The van der Waals surface area contributed by atoms with Gasteiger partial charge in [0.15, 0.2) is 5.78 Å². The van der Waals surface area contributed by atoms with E-state index in [2.05, 4.69) is 10.1 Å². The van der Waals surface area contributed by atoms with Crippen LogP contribution in [0.1, 0.15) is 80.7 Å². The van der Waals surface area contributed by atoms with Crippen molar-refractivity contribution in [1.29, 1.82) is 0 Å². The number of hydrogen-bond donors (Lipinski definition) is 1. The van der Waals surface area contributed by atoms with Crippen molar-refractivity contribution in [3.8, 4) is 0 Å². The van der Waals surface area contributed by atoms with Gasteiger partial charge in [0.05, 0.1) is 24.9 Å². The van der Waals surface area contributed by atoms with E-state index in [-0.39, 0.29) is 32.7 Å². The highest BCUT2D eigenvalue weighted by Crippen LogP contribution is 2.40. The zero-order valence-corrected chi connectivity index (χ0v) is 28.0. The molecule has 1 N–H and O–H groups in total. The number of Topliss-reactive ketones (excluding diaryl/α,β-unsaturated/α-hetero) is 1. The first-order valence-electron chi connectivity index (χ1n) is 15.7. The van der Waals surface area contributed by atoms with Crippen LogP contribution in [0.25, 0.3) is 0 Å². The second kappa shape index (κ2) is 14.6. The normalized spacial score (nSPS) is 39.0. The molecular formula is C34H49FN2O8. The van der Waals surface area contributed by atoms with Crippen LogP contribution in [0.5, 0.6) is 0 Å². The summed E-state index contributed by atoms with van der Waals surface area (Å²) in [4.78, 5) is 49.3. The Morgan fingerprint density at radius 3 is 2.31 bits per heavy atom. The van der Waals surface area contributed by atoms with Crippen molar-refractivity contribution in [2.24, 2.45) is 33.8 Å². The molecule has 45 heavy (non-hydrogen) atoms. The van der Waals surface area contributed by atoms with Gasteiger partial charge in [0.2, 0.25) is 5.91 Å².